The summed E-state index contributed by atoms with van der Waals surface area (Å²) in [6.45, 7) is 3.60. The number of likely N-dealkylation sites (tertiary alicyclic amines) is 1. The van der Waals surface area contributed by atoms with Crippen LogP contribution in [0.4, 0.5) is 4.79 Å². The first-order valence-corrected chi connectivity index (χ1v) is 11.1. The van der Waals surface area contributed by atoms with Crippen LogP contribution in [-0.2, 0) is 21.5 Å². The van der Waals surface area contributed by atoms with Crippen LogP contribution < -0.4 is 10.6 Å². The molecule has 7 heteroatoms. The van der Waals surface area contributed by atoms with Crippen molar-refractivity contribution in [2.24, 2.45) is 5.92 Å². The molecule has 0 unspecified atom stereocenters. The van der Waals surface area contributed by atoms with E-state index in [4.69, 9.17) is 9.15 Å². The Bertz CT molecular complexity index is 839. The van der Waals surface area contributed by atoms with Gasteiger partial charge in [0.15, 0.2) is 0 Å². The number of benzene rings is 1. The molecule has 0 atom stereocenters. The fourth-order valence-corrected chi connectivity index (χ4v) is 4.55. The fourth-order valence-electron chi connectivity index (χ4n) is 4.55. The van der Waals surface area contributed by atoms with Crippen LogP contribution in [0.5, 0.6) is 0 Å². The number of rotatable bonds is 6. The number of furan rings is 1. The highest BCUT2D eigenvalue weighted by Crippen LogP contribution is 2.34. The van der Waals surface area contributed by atoms with Gasteiger partial charge in [-0.1, -0.05) is 30.3 Å². The summed E-state index contributed by atoms with van der Waals surface area (Å²) < 4.78 is 10.8. The van der Waals surface area contributed by atoms with E-state index in [-0.39, 0.29) is 23.3 Å². The van der Waals surface area contributed by atoms with Gasteiger partial charge in [-0.25, -0.2) is 4.79 Å². The van der Waals surface area contributed by atoms with Crippen molar-refractivity contribution in [3.05, 3.63) is 60.1 Å². The topological polar surface area (TPSA) is 83.8 Å². The van der Waals surface area contributed by atoms with Crippen LogP contribution >= 0.6 is 0 Å². The predicted octanol–water partition coefficient (Wildman–Crippen LogP) is 3.07. The maximum Gasteiger partial charge on any atom is 0.317 e. The van der Waals surface area contributed by atoms with Crippen molar-refractivity contribution in [3.8, 4) is 0 Å². The van der Waals surface area contributed by atoms with Gasteiger partial charge < -0.3 is 24.7 Å². The molecular formula is C24H31N3O4. The van der Waals surface area contributed by atoms with Gasteiger partial charge in [-0.3, -0.25) is 4.79 Å². The lowest BCUT2D eigenvalue weighted by Gasteiger charge is -2.39. The summed E-state index contributed by atoms with van der Waals surface area (Å²) in [5.74, 6) is 0.706. The molecule has 3 amide bonds. The first-order chi connectivity index (χ1) is 15.2. The Balaban J connectivity index is 1.26. The highest BCUT2D eigenvalue weighted by atomic mass is 16.5. The second kappa shape index (κ2) is 10.0. The standard InChI is InChI=1S/C24H31N3O4/c28-22(25-17-21-7-4-14-31-21)19-8-12-27(13-9-19)23(29)26-18-24(10-15-30-16-11-24)20-5-2-1-3-6-20/h1-7,14,19H,8-13,15-18H2,(H,25,28)(H,26,29). The number of nitrogens with one attached hydrogen (secondary N) is 2. The molecular weight excluding hydrogens is 394 g/mol. The van der Waals surface area contributed by atoms with Crippen LogP contribution in [0.25, 0.3) is 0 Å². The minimum absolute atomic E-state index is 0.0293. The molecule has 2 aromatic rings. The molecule has 3 heterocycles. The normalized spacial score (nSPS) is 19.0. The van der Waals surface area contributed by atoms with Gasteiger partial charge in [0.25, 0.3) is 0 Å². The molecule has 31 heavy (non-hydrogen) atoms. The number of hydrogen-bond acceptors (Lipinski definition) is 4. The molecule has 7 nitrogen and oxygen atoms in total. The molecule has 4 rings (SSSR count). The zero-order valence-electron chi connectivity index (χ0n) is 17.8. The molecule has 0 bridgehead atoms. The van der Waals surface area contributed by atoms with Crippen LogP contribution in [-0.4, -0.2) is 49.7 Å². The van der Waals surface area contributed by atoms with Crippen LogP contribution in [0.1, 0.15) is 37.0 Å². The van der Waals surface area contributed by atoms with E-state index in [9.17, 15) is 9.59 Å². The van der Waals surface area contributed by atoms with E-state index in [1.54, 1.807) is 12.3 Å². The number of carbonyl (C=O) groups is 2. The van der Waals surface area contributed by atoms with E-state index >= 15 is 0 Å². The Hall–Kier alpha value is -2.80. The van der Waals surface area contributed by atoms with E-state index in [0.717, 1.165) is 18.6 Å². The minimum atomic E-state index is -0.0841. The lowest BCUT2D eigenvalue weighted by molar-refractivity contribution is -0.126. The number of piperidine rings is 1. The Labute approximate surface area is 183 Å². The summed E-state index contributed by atoms with van der Waals surface area (Å²) in [5.41, 5.74) is 1.17. The average molecular weight is 426 g/mol. The van der Waals surface area contributed by atoms with Crippen molar-refractivity contribution in [2.45, 2.75) is 37.6 Å². The lowest BCUT2D eigenvalue weighted by Crippen LogP contribution is -2.51. The van der Waals surface area contributed by atoms with Gasteiger partial charge in [-0.05, 0) is 43.4 Å². The van der Waals surface area contributed by atoms with Gasteiger partial charge in [0.2, 0.25) is 5.91 Å². The lowest BCUT2D eigenvalue weighted by atomic mass is 9.74. The van der Waals surface area contributed by atoms with Gasteiger partial charge in [0.05, 0.1) is 12.8 Å². The van der Waals surface area contributed by atoms with Crippen molar-refractivity contribution >= 4 is 11.9 Å². The highest BCUT2D eigenvalue weighted by molar-refractivity contribution is 5.79. The van der Waals surface area contributed by atoms with Crippen LogP contribution in [0, 0.1) is 5.92 Å². The first-order valence-electron chi connectivity index (χ1n) is 11.1. The summed E-state index contributed by atoms with van der Waals surface area (Å²) in [6, 6.07) is 14.0. The van der Waals surface area contributed by atoms with Crippen molar-refractivity contribution in [3.63, 3.8) is 0 Å². The van der Waals surface area contributed by atoms with Crippen LogP contribution in [0.3, 0.4) is 0 Å². The largest absolute Gasteiger partial charge is 0.467 e. The molecule has 0 spiro atoms. The zero-order valence-corrected chi connectivity index (χ0v) is 17.8. The number of urea groups is 1. The molecule has 2 saturated heterocycles. The molecule has 2 N–H and O–H groups in total. The summed E-state index contributed by atoms with van der Waals surface area (Å²) in [4.78, 5) is 27.1. The summed E-state index contributed by atoms with van der Waals surface area (Å²) >= 11 is 0. The second-order valence-corrected chi connectivity index (χ2v) is 8.48. The Morgan fingerprint density at radius 3 is 2.42 bits per heavy atom. The van der Waals surface area contributed by atoms with Crippen LogP contribution in [0.2, 0.25) is 0 Å². The molecule has 1 aromatic heterocycles. The van der Waals surface area contributed by atoms with E-state index < -0.39 is 0 Å². The number of ether oxygens (including phenoxy) is 1. The SMILES string of the molecule is O=C(NCc1ccco1)C1CCN(C(=O)NCC2(c3ccccc3)CCOCC2)CC1. The van der Waals surface area contributed by atoms with Crippen molar-refractivity contribution in [1.29, 1.82) is 0 Å². The summed E-state index contributed by atoms with van der Waals surface area (Å²) in [7, 11) is 0. The number of carbonyl (C=O) groups excluding carboxylic acids is 2. The fraction of sp³-hybridized carbons (Fsp3) is 0.500. The zero-order chi connectivity index (χ0) is 21.5. The monoisotopic (exact) mass is 425 g/mol. The molecule has 2 aliphatic heterocycles. The van der Waals surface area contributed by atoms with Gasteiger partial charge >= 0.3 is 6.03 Å². The van der Waals surface area contributed by atoms with Crippen molar-refractivity contribution in [1.82, 2.24) is 15.5 Å². The highest BCUT2D eigenvalue weighted by Gasteiger charge is 2.35. The third-order valence-corrected chi connectivity index (χ3v) is 6.58. The molecule has 0 radical (unpaired) electrons. The maximum atomic E-state index is 12.8. The van der Waals surface area contributed by atoms with Gasteiger partial charge in [0.1, 0.15) is 5.76 Å². The van der Waals surface area contributed by atoms with Gasteiger partial charge in [0, 0.05) is 44.2 Å². The van der Waals surface area contributed by atoms with Crippen molar-refractivity contribution < 1.29 is 18.7 Å². The molecule has 2 fully saturated rings. The van der Waals surface area contributed by atoms with E-state index in [1.165, 1.54) is 5.56 Å². The molecule has 1 aromatic carbocycles. The third kappa shape index (κ3) is 5.28. The third-order valence-electron chi connectivity index (χ3n) is 6.58. The second-order valence-electron chi connectivity index (χ2n) is 8.48. The maximum absolute atomic E-state index is 12.8. The predicted molar refractivity (Wildman–Crippen MR) is 116 cm³/mol. The van der Waals surface area contributed by atoms with Crippen molar-refractivity contribution in [2.75, 3.05) is 32.8 Å². The minimum Gasteiger partial charge on any atom is -0.467 e. The number of nitrogens with zero attached hydrogens (tertiary/aromatic N) is 1. The quantitative estimate of drug-likeness (QED) is 0.745. The average Bonchev–Trinajstić information content (AvgIpc) is 3.36. The van der Waals surface area contributed by atoms with Gasteiger partial charge in [-0.2, -0.15) is 0 Å². The van der Waals surface area contributed by atoms with Gasteiger partial charge in [-0.15, -0.1) is 0 Å². The first kappa shape index (κ1) is 21.4. The molecule has 0 aliphatic carbocycles. The van der Waals surface area contributed by atoms with E-state index in [2.05, 4.69) is 34.9 Å². The molecule has 0 saturated carbocycles. The Kier molecular flexibility index (Phi) is 6.92. The molecule has 2 aliphatic rings. The summed E-state index contributed by atoms with van der Waals surface area (Å²) in [6.07, 6.45) is 4.75. The van der Waals surface area contributed by atoms with Crippen LogP contribution in [0.15, 0.2) is 53.1 Å². The Morgan fingerprint density at radius 2 is 1.74 bits per heavy atom. The number of amides is 3. The molecule has 166 valence electrons. The summed E-state index contributed by atoms with van der Waals surface area (Å²) in [5, 5.41) is 6.09. The van der Waals surface area contributed by atoms with E-state index in [1.807, 2.05) is 17.0 Å². The smallest absolute Gasteiger partial charge is 0.317 e. The number of hydrogen-bond donors (Lipinski definition) is 2. The Morgan fingerprint density at radius 1 is 1.00 bits per heavy atom. The van der Waals surface area contributed by atoms with E-state index in [0.29, 0.717) is 52.2 Å².